The van der Waals surface area contributed by atoms with Gasteiger partial charge in [0.15, 0.2) is 0 Å². The molecule has 0 bridgehead atoms. The van der Waals surface area contributed by atoms with Gasteiger partial charge in [0.25, 0.3) is 0 Å². The predicted octanol–water partition coefficient (Wildman–Crippen LogP) is 0.398. The van der Waals surface area contributed by atoms with Crippen molar-refractivity contribution in [2.75, 3.05) is 34.0 Å². The van der Waals surface area contributed by atoms with Crippen molar-refractivity contribution in [2.45, 2.75) is 31.9 Å². The first kappa shape index (κ1) is 13.8. The first-order chi connectivity index (χ1) is 6.55. The highest BCUT2D eigenvalue weighted by Crippen LogP contribution is 2.11. The summed E-state index contributed by atoms with van der Waals surface area (Å²) in [5.41, 5.74) is -0.111. The Kier molecular flexibility index (Phi) is 7.09. The van der Waals surface area contributed by atoms with Gasteiger partial charge in [-0.05, 0) is 26.8 Å². The second-order valence-corrected chi connectivity index (χ2v) is 4.00. The average Bonchev–Trinajstić information content (AvgIpc) is 2.16. The fourth-order valence-corrected chi connectivity index (χ4v) is 1.06. The molecule has 0 rings (SSSR count). The van der Waals surface area contributed by atoms with Crippen molar-refractivity contribution in [2.24, 2.45) is 0 Å². The third kappa shape index (κ3) is 6.32. The van der Waals surface area contributed by atoms with Gasteiger partial charge in [0.2, 0.25) is 0 Å². The highest BCUT2D eigenvalue weighted by atomic mass is 16.5. The van der Waals surface area contributed by atoms with Gasteiger partial charge in [0, 0.05) is 14.2 Å². The molecule has 0 spiro atoms. The molecule has 0 radical (unpaired) electrons. The summed E-state index contributed by atoms with van der Waals surface area (Å²) in [5.74, 6) is 0. The highest BCUT2D eigenvalue weighted by Gasteiger charge is 2.16. The Morgan fingerprint density at radius 3 is 2.43 bits per heavy atom. The molecule has 0 aliphatic heterocycles. The van der Waals surface area contributed by atoms with Crippen LogP contribution in [0.1, 0.15) is 20.3 Å². The molecular weight excluding hydrogens is 182 g/mol. The zero-order chi connectivity index (χ0) is 11.0. The standard InChI is InChI=1S/C10H23NO3/c1-10(2,14-4)5-6-11-9(7-12)8-13-3/h9,11-12H,5-8H2,1-4H3. The van der Waals surface area contributed by atoms with Gasteiger partial charge in [-0.1, -0.05) is 0 Å². The topological polar surface area (TPSA) is 50.7 Å². The first-order valence-corrected chi connectivity index (χ1v) is 4.94. The summed E-state index contributed by atoms with van der Waals surface area (Å²) in [6.45, 7) is 5.53. The quantitative estimate of drug-likeness (QED) is 0.602. The van der Waals surface area contributed by atoms with Crippen LogP contribution in [0.2, 0.25) is 0 Å². The van der Waals surface area contributed by atoms with Crippen molar-refractivity contribution in [1.29, 1.82) is 0 Å². The maximum absolute atomic E-state index is 8.97. The van der Waals surface area contributed by atoms with E-state index in [0.717, 1.165) is 13.0 Å². The Morgan fingerprint density at radius 2 is 2.00 bits per heavy atom. The van der Waals surface area contributed by atoms with Gasteiger partial charge in [-0.2, -0.15) is 0 Å². The SMILES string of the molecule is COCC(CO)NCCC(C)(C)OC. The first-order valence-electron chi connectivity index (χ1n) is 4.94. The molecule has 0 saturated heterocycles. The van der Waals surface area contributed by atoms with Crippen molar-refractivity contribution in [1.82, 2.24) is 5.32 Å². The van der Waals surface area contributed by atoms with Crippen molar-refractivity contribution in [3.8, 4) is 0 Å². The second-order valence-electron chi connectivity index (χ2n) is 4.00. The Bertz CT molecular complexity index is 139. The molecule has 1 unspecified atom stereocenters. The number of hydrogen-bond acceptors (Lipinski definition) is 4. The summed E-state index contributed by atoms with van der Waals surface area (Å²) in [6.07, 6.45) is 0.906. The minimum atomic E-state index is -0.111. The average molecular weight is 205 g/mol. The van der Waals surface area contributed by atoms with E-state index in [2.05, 4.69) is 5.32 Å². The minimum Gasteiger partial charge on any atom is -0.395 e. The van der Waals surface area contributed by atoms with E-state index in [0.29, 0.717) is 6.61 Å². The van der Waals surface area contributed by atoms with Crippen LogP contribution < -0.4 is 5.32 Å². The summed E-state index contributed by atoms with van der Waals surface area (Å²) in [5, 5.41) is 12.2. The van der Waals surface area contributed by atoms with E-state index in [1.54, 1.807) is 14.2 Å². The molecule has 0 aromatic carbocycles. The monoisotopic (exact) mass is 205 g/mol. The normalized spacial score (nSPS) is 14.4. The van der Waals surface area contributed by atoms with Gasteiger partial charge >= 0.3 is 0 Å². The highest BCUT2D eigenvalue weighted by molar-refractivity contribution is 4.71. The summed E-state index contributed by atoms with van der Waals surface area (Å²) in [6, 6.07) is 0.0210. The molecule has 14 heavy (non-hydrogen) atoms. The molecule has 0 aromatic heterocycles. The maximum Gasteiger partial charge on any atom is 0.0638 e. The van der Waals surface area contributed by atoms with E-state index in [9.17, 15) is 0 Å². The van der Waals surface area contributed by atoms with Gasteiger partial charge in [-0.3, -0.25) is 0 Å². The molecule has 0 heterocycles. The Hall–Kier alpha value is -0.160. The number of rotatable bonds is 8. The smallest absolute Gasteiger partial charge is 0.0638 e. The molecule has 0 aliphatic carbocycles. The fourth-order valence-electron chi connectivity index (χ4n) is 1.06. The second kappa shape index (κ2) is 7.17. The van der Waals surface area contributed by atoms with Gasteiger partial charge in [-0.15, -0.1) is 0 Å². The molecule has 86 valence electrons. The molecule has 0 fully saturated rings. The van der Waals surface area contributed by atoms with Crippen LogP contribution in [0.3, 0.4) is 0 Å². The van der Waals surface area contributed by atoms with E-state index < -0.39 is 0 Å². The minimum absolute atomic E-state index is 0.0210. The van der Waals surface area contributed by atoms with Crippen LogP contribution in [0.4, 0.5) is 0 Å². The zero-order valence-electron chi connectivity index (χ0n) is 9.67. The van der Waals surface area contributed by atoms with Crippen molar-refractivity contribution in [3.63, 3.8) is 0 Å². The zero-order valence-corrected chi connectivity index (χ0v) is 9.67. The molecule has 0 amide bonds. The number of aliphatic hydroxyl groups is 1. The van der Waals surface area contributed by atoms with E-state index in [4.69, 9.17) is 14.6 Å². The number of nitrogens with one attached hydrogen (secondary N) is 1. The van der Waals surface area contributed by atoms with Crippen molar-refractivity contribution >= 4 is 0 Å². The van der Waals surface area contributed by atoms with Crippen molar-refractivity contribution < 1.29 is 14.6 Å². The van der Waals surface area contributed by atoms with Crippen LogP contribution in [0, 0.1) is 0 Å². The summed E-state index contributed by atoms with van der Waals surface area (Å²) < 4.78 is 10.2. The molecular formula is C10H23NO3. The molecule has 0 saturated carbocycles. The van der Waals surface area contributed by atoms with Crippen LogP contribution >= 0.6 is 0 Å². The van der Waals surface area contributed by atoms with E-state index in [-0.39, 0.29) is 18.2 Å². The lowest BCUT2D eigenvalue weighted by Gasteiger charge is -2.24. The molecule has 2 N–H and O–H groups in total. The molecule has 1 atom stereocenters. The van der Waals surface area contributed by atoms with Crippen molar-refractivity contribution in [3.05, 3.63) is 0 Å². The van der Waals surface area contributed by atoms with Crippen LogP contribution in [0.25, 0.3) is 0 Å². The number of aliphatic hydroxyl groups excluding tert-OH is 1. The maximum atomic E-state index is 8.97. The third-order valence-corrected chi connectivity index (χ3v) is 2.30. The van der Waals surface area contributed by atoms with Crippen LogP contribution in [0.5, 0.6) is 0 Å². The summed E-state index contributed by atoms with van der Waals surface area (Å²) >= 11 is 0. The Morgan fingerprint density at radius 1 is 1.36 bits per heavy atom. The summed E-state index contributed by atoms with van der Waals surface area (Å²) in [7, 11) is 3.34. The van der Waals surface area contributed by atoms with Gasteiger partial charge < -0.3 is 19.9 Å². The summed E-state index contributed by atoms with van der Waals surface area (Å²) in [4.78, 5) is 0. The van der Waals surface area contributed by atoms with Gasteiger partial charge in [-0.25, -0.2) is 0 Å². The molecule has 0 aromatic rings. The van der Waals surface area contributed by atoms with Gasteiger partial charge in [0.05, 0.1) is 24.9 Å². The fraction of sp³-hybridized carbons (Fsp3) is 1.00. The largest absolute Gasteiger partial charge is 0.395 e. The molecule has 4 nitrogen and oxygen atoms in total. The lowest BCUT2D eigenvalue weighted by atomic mass is 10.1. The van der Waals surface area contributed by atoms with Crippen LogP contribution in [-0.2, 0) is 9.47 Å². The number of methoxy groups -OCH3 is 2. The lowest BCUT2D eigenvalue weighted by molar-refractivity contribution is 0.0139. The van der Waals surface area contributed by atoms with Gasteiger partial charge in [0.1, 0.15) is 0 Å². The predicted molar refractivity (Wildman–Crippen MR) is 56.5 cm³/mol. The number of ether oxygens (including phenoxy) is 2. The lowest BCUT2D eigenvalue weighted by Crippen LogP contribution is -2.39. The van der Waals surface area contributed by atoms with E-state index >= 15 is 0 Å². The molecule has 4 heteroatoms. The number of hydrogen-bond donors (Lipinski definition) is 2. The van der Waals surface area contributed by atoms with E-state index in [1.165, 1.54) is 0 Å². The van der Waals surface area contributed by atoms with Crippen LogP contribution in [-0.4, -0.2) is 50.7 Å². The Balaban J connectivity index is 3.60. The third-order valence-electron chi connectivity index (χ3n) is 2.30. The van der Waals surface area contributed by atoms with E-state index in [1.807, 2.05) is 13.8 Å². The Labute approximate surface area is 86.6 Å². The molecule has 0 aliphatic rings. The van der Waals surface area contributed by atoms with Crippen LogP contribution in [0.15, 0.2) is 0 Å².